The maximum atomic E-state index is 11.6. The van der Waals surface area contributed by atoms with Crippen molar-refractivity contribution in [1.82, 2.24) is 5.32 Å². The Labute approximate surface area is 91.1 Å². The van der Waals surface area contributed by atoms with Crippen LogP contribution >= 0.6 is 0 Å². The number of hydrogen-bond acceptors (Lipinski definition) is 2. The zero-order valence-electron chi connectivity index (χ0n) is 10.1. The van der Waals surface area contributed by atoms with Crippen LogP contribution in [0.5, 0.6) is 0 Å². The van der Waals surface area contributed by atoms with Crippen LogP contribution in [-0.2, 0) is 9.59 Å². The first-order valence-corrected chi connectivity index (χ1v) is 5.23. The van der Waals surface area contributed by atoms with E-state index in [1.165, 1.54) is 0 Å². The van der Waals surface area contributed by atoms with Crippen LogP contribution in [0, 0.1) is 11.3 Å². The minimum absolute atomic E-state index is 0.144. The van der Waals surface area contributed by atoms with E-state index >= 15 is 0 Å². The Hall–Kier alpha value is -1.06. The van der Waals surface area contributed by atoms with Crippen molar-refractivity contribution >= 4 is 11.9 Å². The Balaban J connectivity index is 4.58. The number of carbonyl (C=O) groups excluding carboxylic acids is 1. The van der Waals surface area contributed by atoms with Crippen LogP contribution in [0.15, 0.2) is 0 Å². The summed E-state index contributed by atoms with van der Waals surface area (Å²) < 4.78 is 0. The Morgan fingerprint density at radius 2 is 1.80 bits per heavy atom. The third-order valence-corrected chi connectivity index (χ3v) is 2.46. The molecular formula is C11H21NO3. The van der Waals surface area contributed by atoms with Gasteiger partial charge >= 0.3 is 5.97 Å². The number of carboxylic acids is 1. The Bertz CT molecular complexity index is 243. The van der Waals surface area contributed by atoms with E-state index in [0.29, 0.717) is 6.42 Å². The van der Waals surface area contributed by atoms with E-state index in [-0.39, 0.29) is 11.8 Å². The molecule has 15 heavy (non-hydrogen) atoms. The summed E-state index contributed by atoms with van der Waals surface area (Å²) in [5.41, 5.74) is -0.477. The van der Waals surface area contributed by atoms with Gasteiger partial charge in [-0.3, -0.25) is 4.79 Å². The smallest absolute Gasteiger partial charge is 0.326 e. The van der Waals surface area contributed by atoms with Crippen molar-refractivity contribution in [2.45, 2.75) is 47.1 Å². The molecule has 0 aromatic rings. The molecule has 0 aromatic carbocycles. The lowest BCUT2D eigenvalue weighted by Crippen LogP contribution is -2.50. The summed E-state index contributed by atoms with van der Waals surface area (Å²) in [5, 5.41) is 11.6. The summed E-state index contributed by atoms with van der Waals surface area (Å²) in [6.45, 7) is 9.07. The number of amides is 1. The molecule has 1 amide bonds. The van der Waals surface area contributed by atoms with Gasteiger partial charge in [0.15, 0.2) is 0 Å². The summed E-state index contributed by atoms with van der Waals surface area (Å²) in [6.07, 6.45) is 0.711. The largest absolute Gasteiger partial charge is 0.480 e. The second-order valence-electron chi connectivity index (χ2n) is 4.96. The van der Waals surface area contributed by atoms with Crippen molar-refractivity contribution in [2.24, 2.45) is 11.3 Å². The van der Waals surface area contributed by atoms with Gasteiger partial charge in [0, 0.05) is 5.92 Å². The van der Waals surface area contributed by atoms with Crippen molar-refractivity contribution in [3.8, 4) is 0 Å². The van der Waals surface area contributed by atoms with Gasteiger partial charge in [-0.25, -0.2) is 4.79 Å². The third kappa shape index (κ3) is 4.32. The van der Waals surface area contributed by atoms with Crippen molar-refractivity contribution in [3.05, 3.63) is 0 Å². The van der Waals surface area contributed by atoms with Crippen molar-refractivity contribution in [3.63, 3.8) is 0 Å². The zero-order chi connectivity index (χ0) is 12.2. The molecule has 2 N–H and O–H groups in total. The number of nitrogens with one attached hydrogen (secondary N) is 1. The van der Waals surface area contributed by atoms with E-state index in [1.54, 1.807) is 27.7 Å². The molecule has 0 rings (SSSR count). The summed E-state index contributed by atoms with van der Waals surface area (Å²) in [5.74, 6) is -1.33. The molecule has 0 saturated heterocycles. The highest BCUT2D eigenvalue weighted by molar-refractivity contribution is 5.85. The molecule has 4 nitrogen and oxygen atoms in total. The molecule has 88 valence electrons. The highest BCUT2D eigenvalue weighted by Gasteiger charge is 2.33. The van der Waals surface area contributed by atoms with Crippen LogP contribution in [0.1, 0.15) is 41.0 Å². The number of carboxylic acid groups (broad SMARTS) is 1. The molecule has 0 aliphatic carbocycles. The molecule has 0 aromatic heterocycles. The van der Waals surface area contributed by atoms with Gasteiger partial charge < -0.3 is 10.4 Å². The van der Waals surface area contributed by atoms with Gasteiger partial charge in [0.25, 0.3) is 0 Å². The highest BCUT2D eigenvalue weighted by Crippen LogP contribution is 2.20. The first-order valence-electron chi connectivity index (χ1n) is 5.23. The predicted octanol–water partition coefficient (Wildman–Crippen LogP) is 1.65. The summed E-state index contributed by atoms with van der Waals surface area (Å²) >= 11 is 0. The van der Waals surface area contributed by atoms with E-state index in [4.69, 9.17) is 5.11 Å². The molecule has 0 saturated carbocycles. The molecule has 0 aliphatic rings. The van der Waals surface area contributed by atoms with Gasteiger partial charge in [-0.15, -0.1) is 0 Å². The predicted molar refractivity (Wildman–Crippen MR) is 58.5 cm³/mol. The maximum absolute atomic E-state index is 11.6. The maximum Gasteiger partial charge on any atom is 0.326 e. The molecule has 2 atom stereocenters. The average molecular weight is 215 g/mol. The van der Waals surface area contributed by atoms with E-state index in [9.17, 15) is 9.59 Å². The Kier molecular flexibility index (Phi) is 4.78. The lowest BCUT2D eigenvalue weighted by Gasteiger charge is -2.28. The Morgan fingerprint density at radius 3 is 2.07 bits per heavy atom. The van der Waals surface area contributed by atoms with E-state index in [1.807, 2.05) is 6.92 Å². The molecular weight excluding hydrogens is 194 g/mol. The minimum atomic E-state index is -0.987. The average Bonchev–Trinajstić information content (AvgIpc) is 2.09. The molecule has 0 spiro atoms. The first kappa shape index (κ1) is 13.9. The lowest BCUT2D eigenvalue weighted by molar-refractivity contribution is -0.145. The quantitative estimate of drug-likeness (QED) is 0.749. The summed E-state index contributed by atoms with van der Waals surface area (Å²) in [4.78, 5) is 22.5. The van der Waals surface area contributed by atoms with E-state index < -0.39 is 17.4 Å². The monoisotopic (exact) mass is 215 g/mol. The van der Waals surface area contributed by atoms with Crippen molar-refractivity contribution < 1.29 is 14.7 Å². The summed E-state index contributed by atoms with van der Waals surface area (Å²) in [6, 6.07) is -0.834. The second kappa shape index (κ2) is 5.14. The normalized spacial score (nSPS) is 15.5. The fourth-order valence-corrected chi connectivity index (χ4v) is 1.12. The molecule has 0 heterocycles. The van der Waals surface area contributed by atoms with Gasteiger partial charge in [0.1, 0.15) is 6.04 Å². The van der Waals surface area contributed by atoms with E-state index in [2.05, 4.69) is 5.32 Å². The van der Waals surface area contributed by atoms with Crippen LogP contribution in [0.4, 0.5) is 0 Å². The molecule has 4 heteroatoms. The number of aliphatic carboxylic acids is 1. The SMILES string of the molecule is CCC(C)C(=O)N[C@@H](C(=O)O)C(C)(C)C. The molecule has 1 unspecified atom stereocenters. The van der Waals surface area contributed by atoms with Gasteiger partial charge in [0.05, 0.1) is 0 Å². The molecule has 0 bridgehead atoms. The van der Waals surface area contributed by atoms with Gasteiger partial charge in [-0.2, -0.15) is 0 Å². The van der Waals surface area contributed by atoms with Crippen LogP contribution in [0.3, 0.4) is 0 Å². The van der Waals surface area contributed by atoms with Gasteiger partial charge in [-0.05, 0) is 11.8 Å². The number of hydrogen-bond donors (Lipinski definition) is 2. The lowest BCUT2D eigenvalue weighted by atomic mass is 9.86. The Morgan fingerprint density at radius 1 is 1.33 bits per heavy atom. The van der Waals surface area contributed by atoms with Gasteiger partial charge in [0.2, 0.25) is 5.91 Å². The first-order chi connectivity index (χ1) is 6.70. The zero-order valence-corrected chi connectivity index (χ0v) is 10.1. The number of carbonyl (C=O) groups is 2. The van der Waals surface area contributed by atoms with Crippen molar-refractivity contribution in [2.75, 3.05) is 0 Å². The van der Waals surface area contributed by atoms with Crippen LogP contribution < -0.4 is 5.32 Å². The molecule has 0 radical (unpaired) electrons. The van der Waals surface area contributed by atoms with Gasteiger partial charge in [-0.1, -0.05) is 34.6 Å². The minimum Gasteiger partial charge on any atom is -0.480 e. The fraction of sp³-hybridized carbons (Fsp3) is 0.818. The van der Waals surface area contributed by atoms with Crippen LogP contribution in [0.2, 0.25) is 0 Å². The van der Waals surface area contributed by atoms with Crippen LogP contribution in [-0.4, -0.2) is 23.0 Å². The summed E-state index contributed by atoms with van der Waals surface area (Å²) in [7, 11) is 0. The second-order valence-corrected chi connectivity index (χ2v) is 4.96. The topological polar surface area (TPSA) is 66.4 Å². The van der Waals surface area contributed by atoms with Crippen molar-refractivity contribution in [1.29, 1.82) is 0 Å². The standard InChI is InChI=1S/C11H21NO3/c1-6-7(2)9(13)12-8(10(14)15)11(3,4)5/h7-8H,6H2,1-5H3,(H,12,13)(H,14,15)/t7?,8-/m0/s1. The number of rotatable bonds is 4. The third-order valence-electron chi connectivity index (χ3n) is 2.46. The highest BCUT2D eigenvalue weighted by atomic mass is 16.4. The fourth-order valence-electron chi connectivity index (χ4n) is 1.12. The molecule has 0 fully saturated rings. The molecule has 0 aliphatic heterocycles. The van der Waals surface area contributed by atoms with Crippen LogP contribution in [0.25, 0.3) is 0 Å². The van der Waals surface area contributed by atoms with E-state index in [0.717, 1.165) is 0 Å².